The Hall–Kier alpha value is -3.56. The Balaban J connectivity index is 2.21. The second-order valence-electron chi connectivity index (χ2n) is 6.29. The molecule has 0 aliphatic carbocycles. The molecule has 5 N–H and O–H groups in total. The number of carbonyl (C=O) groups excluding carboxylic acids is 1. The maximum Gasteiger partial charge on any atom is 0.320 e. The SMILES string of the molecule is COc1cc(C=NNC(=O)c2ccc(O)c(Cl)c2)cc(C=CCC(N)C(=O)O)c1OC. The highest BCUT2D eigenvalue weighted by atomic mass is 35.5. The zero-order valence-corrected chi connectivity index (χ0v) is 17.6. The Morgan fingerprint density at radius 1 is 1.26 bits per heavy atom. The van der Waals surface area contributed by atoms with Crippen LogP contribution in [0.1, 0.15) is 27.9 Å². The molecule has 9 nitrogen and oxygen atoms in total. The Morgan fingerprint density at radius 2 is 2.00 bits per heavy atom. The average Bonchev–Trinajstić information content (AvgIpc) is 2.74. The van der Waals surface area contributed by atoms with Crippen molar-refractivity contribution < 1.29 is 29.3 Å². The number of carbonyl (C=O) groups is 2. The van der Waals surface area contributed by atoms with Gasteiger partial charge in [-0.2, -0.15) is 5.10 Å². The van der Waals surface area contributed by atoms with Gasteiger partial charge in [0, 0.05) is 11.1 Å². The zero-order valence-electron chi connectivity index (χ0n) is 16.8. The molecule has 2 rings (SSSR count). The monoisotopic (exact) mass is 447 g/mol. The van der Waals surface area contributed by atoms with Crippen molar-refractivity contribution in [2.75, 3.05) is 14.2 Å². The number of nitrogens with two attached hydrogens (primary N) is 1. The van der Waals surface area contributed by atoms with Crippen molar-refractivity contribution in [2.24, 2.45) is 10.8 Å². The van der Waals surface area contributed by atoms with Crippen LogP contribution in [0.3, 0.4) is 0 Å². The third kappa shape index (κ3) is 6.46. The van der Waals surface area contributed by atoms with Crippen LogP contribution in [0.4, 0.5) is 0 Å². The van der Waals surface area contributed by atoms with Crippen LogP contribution in [0.15, 0.2) is 41.5 Å². The number of benzene rings is 2. The molecule has 1 atom stereocenters. The van der Waals surface area contributed by atoms with Crippen LogP contribution in [0, 0.1) is 0 Å². The van der Waals surface area contributed by atoms with Gasteiger partial charge >= 0.3 is 5.97 Å². The number of phenols is 1. The molecule has 0 radical (unpaired) electrons. The van der Waals surface area contributed by atoms with Gasteiger partial charge in [0.15, 0.2) is 11.5 Å². The molecular weight excluding hydrogens is 426 g/mol. The van der Waals surface area contributed by atoms with Crippen molar-refractivity contribution in [3.05, 3.63) is 58.1 Å². The first-order valence-corrected chi connectivity index (χ1v) is 9.37. The summed E-state index contributed by atoms with van der Waals surface area (Å²) in [7, 11) is 2.96. The number of ether oxygens (including phenoxy) is 2. The number of hydrazone groups is 1. The van der Waals surface area contributed by atoms with Crippen molar-refractivity contribution in [1.29, 1.82) is 0 Å². The van der Waals surface area contributed by atoms with Crippen LogP contribution in [-0.2, 0) is 4.79 Å². The van der Waals surface area contributed by atoms with Crippen LogP contribution in [0.25, 0.3) is 6.08 Å². The molecule has 0 aliphatic rings. The van der Waals surface area contributed by atoms with E-state index in [4.69, 9.17) is 31.9 Å². The number of hydrogen-bond acceptors (Lipinski definition) is 7. The summed E-state index contributed by atoms with van der Waals surface area (Å²) in [5.74, 6) is -0.869. The zero-order chi connectivity index (χ0) is 23.0. The summed E-state index contributed by atoms with van der Waals surface area (Å²) >= 11 is 5.80. The van der Waals surface area contributed by atoms with Crippen LogP contribution in [0.5, 0.6) is 17.2 Å². The highest BCUT2D eigenvalue weighted by molar-refractivity contribution is 6.32. The fourth-order valence-corrected chi connectivity index (χ4v) is 2.72. The van der Waals surface area contributed by atoms with Crippen molar-refractivity contribution in [3.8, 4) is 17.2 Å². The second kappa shape index (κ2) is 11.0. The summed E-state index contributed by atoms with van der Waals surface area (Å²) in [6, 6.07) is 6.40. The molecular formula is C21H22ClN3O6. The van der Waals surface area contributed by atoms with Crippen molar-refractivity contribution in [2.45, 2.75) is 12.5 Å². The lowest BCUT2D eigenvalue weighted by molar-refractivity contribution is -0.138. The van der Waals surface area contributed by atoms with E-state index in [2.05, 4.69) is 10.5 Å². The van der Waals surface area contributed by atoms with E-state index in [9.17, 15) is 14.7 Å². The minimum atomic E-state index is -1.10. The predicted octanol–water partition coefficient (Wildman–Crippen LogP) is 2.64. The Morgan fingerprint density at radius 3 is 2.61 bits per heavy atom. The number of hydrogen-bond donors (Lipinski definition) is 4. The first-order valence-electron chi connectivity index (χ1n) is 8.99. The lowest BCUT2D eigenvalue weighted by Gasteiger charge is -2.12. The van der Waals surface area contributed by atoms with Gasteiger partial charge < -0.3 is 25.4 Å². The first kappa shape index (κ1) is 23.7. The highest BCUT2D eigenvalue weighted by Crippen LogP contribution is 2.33. The minimum absolute atomic E-state index is 0.0514. The van der Waals surface area contributed by atoms with E-state index in [1.165, 1.54) is 38.6 Å². The molecule has 0 spiro atoms. The maximum atomic E-state index is 12.2. The van der Waals surface area contributed by atoms with Crippen molar-refractivity contribution in [3.63, 3.8) is 0 Å². The van der Waals surface area contributed by atoms with Gasteiger partial charge in [-0.3, -0.25) is 9.59 Å². The number of halogens is 1. The topological polar surface area (TPSA) is 143 Å². The summed E-state index contributed by atoms with van der Waals surface area (Å²) < 4.78 is 10.7. The molecule has 31 heavy (non-hydrogen) atoms. The highest BCUT2D eigenvalue weighted by Gasteiger charge is 2.12. The van der Waals surface area contributed by atoms with Gasteiger partial charge in [0.1, 0.15) is 11.8 Å². The number of carboxylic acids is 1. The van der Waals surface area contributed by atoms with Gasteiger partial charge in [0.2, 0.25) is 0 Å². The van der Waals surface area contributed by atoms with E-state index in [-0.39, 0.29) is 22.8 Å². The number of nitrogens with zero attached hydrogens (tertiary/aromatic N) is 1. The van der Waals surface area contributed by atoms with E-state index < -0.39 is 17.9 Å². The van der Waals surface area contributed by atoms with Gasteiger partial charge in [-0.05, 0) is 42.3 Å². The fraction of sp³-hybridized carbons (Fsp3) is 0.190. The molecule has 1 unspecified atom stereocenters. The standard InChI is InChI=1S/C21H22ClN3O6/c1-30-18-9-12(8-13(19(18)31-2)4-3-5-16(23)21(28)29)11-24-25-20(27)14-6-7-17(26)15(22)10-14/h3-4,6-11,16,26H,5,23H2,1-2H3,(H,25,27)(H,28,29). The van der Waals surface area contributed by atoms with Crippen molar-refractivity contribution in [1.82, 2.24) is 5.43 Å². The molecule has 2 aromatic carbocycles. The van der Waals surface area contributed by atoms with Crippen LogP contribution < -0.4 is 20.6 Å². The molecule has 0 fully saturated rings. The van der Waals surface area contributed by atoms with Crippen LogP contribution in [0.2, 0.25) is 5.02 Å². The van der Waals surface area contributed by atoms with Crippen molar-refractivity contribution >= 4 is 35.8 Å². The summed E-state index contributed by atoms with van der Waals surface area (Å²) in [4.78, 5) is 23.0. The van der Waals surface area contributed by atoms with E-state index in [1.54, 1.807) is 24.3 Å². The lowest BCUT2D eigenvalue weighted by Crippen LogP contribution is -2.29. The first-order chi connectivity index (χ1) is 14.8. The van der Waals surface area contributed by atoms with E-state index in [0.29, 0.717) is 22.6 Å². The van der Waals surface area contributed by atoms with Gasteiger partial charge in [0.05, 0.1) is 25.5 Å². The number of methoxy groups -OCH3 is 2. The Kier molecular flexibility index (Phi) is 8.42. The molecule has 0 bridgehead atoms. The largest absolute Gasteiger partial charge is 0.506 e. The number of phenolic OH excluding ortho intramolecular Hbond substituents is 1. The molecule has 10 heteroatoms. The molecule has 0 saturated carbocycles. The fourth-order valence-electron chi connectivity index (χ4n) is 2.53. The molecule has 0 aliphatic heterocycles. The van der Waals surface area contributed by atoms with Crippen LogP contribution in [-0.4, -0.2) is 48.6 Å². The van der Waals surface area contributed by atoms with E-state index in [0.717, 1.165) is 0 Å². The maximum absolute atomic E-state index is 12.2. The van der Waals surface area contributed by atoms with Gasteiger partial charge in [-0.1, -0.05) is 23.8 Å². The quantitative estimate of drug-likeness (QED) is 0.341. The number of aliphatic carboxylic acids is 1. The number of nitrogens with one attached hydrogen (secondary N) is 1. The number of carboxylic acid groups (broad SMARTS) is 1. The van der Waals surface area contributed by atoms with Crippen LogP contribution >= 0.6 is 11.6 Å². The minimum Gasteiger partial charge on any atom is -0.506 e. The van der Waals surface area contributed by atoms with Gasteiger partial charge in [0.25, 0.3) is 5.91 Å². The molecule has 0 saturated heterocycles. The van der Waals surface area contributed by atoms with Gasteiger partial charge in [-0.25, -0.2) is 5.43 Å². The number of aromatic hydroxyl groups is 1. The van der Waals surface area contributed by atoms with E-state index in [1.807, 2.05) is 0 Å². The summed E-state index contributed by atoms with van der Waals surface area (Å²) in [5.41, 5.74) is 9.30. The smallest absolute Gasteiger partial charge is 0.320 e. The predicted molar refractivity (Wildman–Crippen MR) is 117 cm³/mol. The number of rotatable bonds is 9. The Bertz CT molecular complexity index is 1020. The second-order valence-corrected chi connectivity index (χ2v) is 6.70. The molecule has 1 amide bonds. The summed E-state index contributed by atoms with van der Waals surface area (Å²) in [6.45, 7) is 0. The molecule has 164 valence electrons. The molecule has 0 aromatic heterocycles. The summed E-state index contributed by atoms with van der Waals surface area (Å²) in [6.07, 6.45) is 4.82. The molecule has 0 heterocycles. The third-order valence-electron chi connectivity index (χ3n) is 4.12. The Labute approximate surface area is 183 Å². The lowest BCUT2D eigenvalue weighted by atomic mass is 10.1. The van der Waals surface area contributed by atoms with E-state index >= 15 is 0 Å². The molecule has 2 aromatic rings. The van der Waals surface area contributed by atoms with Gasteiger partial charge in [-0.15, -0.1) is 0 Å². The summed E-state index contributed by atoms with van der Waals surface area (Å²) in [5, 5.41) is 22.3. The third-order valence-corrected chi connectivity index (χ3v) is 4.43. The average molecular weight is 448 g/mol. The normalized spacial score (nSPS) is 12.1. The number of amides is 1.